The molecular formula is C11H19NO3S. The Bertz CT molecular complexity index is 258. The first-order chi connectivity index (χ1) is 7.65. The molecule has 1 fully saturated rings. The van der Waals surface area contributed by atoms with Crippen molar-refractivity contribution in [2.45, 2.75) is 38.7 Å². The maximum Gasteiger partial charge on any atom is 0.302 e. The Morgan fingerprint density at radius 3 is 2.69 bits per heavy atom. The van der Waals surface area contributed by atoms with Gasteiger partial charge in [0.2, 0.25) is 5.91 Å². The molecule has 5 heteroatoms. The Morgan fingerprint density at radius 2 is 2.06 bits per heavy atom. The highest BCUT2D eigenvalue weighted by atomic mass is 32.1. The predicted octanol–water partition coefficient (Wildman–Crippen LogP) is 1.15. The van der Waals surface area contributed by atoms with Crippen LogP contribution in [0.1, 0.15) is 32.6 Å². The molecule has 0 spiro atoms. The largest absolute Gasteiger partial charge is 0.462 e. The molecule has 1 saturated carbocycles. The Morgan fingerprint density at radius 1 is 1.38 bits per heavy atom. The van der Waals surface area contributed by atoms with Crippen molar-refractivity contribution in [1.29, 1.82) is 0 Å². The van der Waals surface area contributed by atoms with E-state index in [1.807, 2.05) is 0 Å². The first kappa shape index (κ1) is 13.4. The number of hydrogen-bond donors (Lipinski definition) is 2. The number of hydrogen-bond acceptors (Lipinski definition) is 4. The lowest BCUT2D eigenvalue weighted by Gasteiger charge is -2.29. The standard InChI is InChI=1S/C11H19NO3S/c1-8(13)15-10-5-3-2-4-9(10)11(14)12-6-7-16/h9-10,16H,2-7H2,1H3,(H,12,14). The van der Waals surface area contributed by atoms with Gasteiger partial charge >= 0.3 is 5.97 Å². The molecule has 0 bridgehead atoms. The van der Waals surface area contributed by atoms with E-state index in [1.54, 1.807) is 0 Å². The molecule has 1 aliphatic rings. The monoisotopic (exact) mass is 245 g/mol. The van der Waals surface area contributed by atoms with Gasteiger partial charge in [-0.15, -0.1) is 0 Å². The van der Waals surface area contributed by atoms with E-state index in [0.29, 0.717) is 12.3 Å². The second kappa shape index (κ2) is 6.78. The molecule has 4 nitrogen and oxygen atoms in total. The highest BCUT2D eigenvalue weighted by Gasteiger charge is 2.32. The van der Waals surface area contributed by atoms with Crippen molar-refractivity contribution < 1.29 is 14.3 Å². The van der Waals surface area contributed by atoms with Crippen molar-refractivity contribution >= 4 is 24.5 Å². The summed E-state index contributed by atoms with van der Waals surface area (Å²) in [4.78, 5) is 22.7. The smallest absolute Gasteiger partial charge is 0.302 e. The summed E-state index contributed by atoms with van der Waals surface area (Å²) in [5.74, 6) is 0.118. The van der Waals surface area contributed by atoms with Gasteiger partial charge in [0.25, 0.3) is 0 Å². The number of amides is 1. The molecule has 0 saturated heterocycles. The van der Waals surface area contributed by atoms with Gasteiger partial charge in [-0.3, -0.25) is 9.59 Å². The molecule has 1 amide bonds. The zero-order chi connectivity index (χ0) is 12.0. The molecule has 2 atom stereocenters. The third-order valence-corrected chi connectivity index (χ3v) is 2.99. The van der Waals surface area contributed by atoms with Gasteiger partial charge in [0.05, 0.1) is 5.92 Å². The zero-order valence-corrected chi connectivity index (χ0v) is 10.5. The van der Waals surface area contributed by atoms with E-state index >= 15 is 0 Å². The fraction of sp³-hybridized carbons (Fsp3) is 0.818. The average molecular weight is 245 g/mol. The molecule has 0 heterocycles. The quantitative estimate of drug-likeness (QED) is 0.577. The van der Waals surface area contributed by atoms with Gasteiger partial charge in [-0.2, -0.15) is 12.6 Å². The molecular weight excluding hydrogens is 226 g/mol. The van der Waals surface area contributed by atoms with Crippen LogP contribution in [-0.2, 0) is 14.3 Å². The summed E-state index contributed by atoms with van der Waals surface area (Å²) in [5.41, 5.74) is 0. The number of carbonyl (C=O) groups excluding carboxylic acids is 2. The summed E-state index contributed by atoms with van der Waals surface area (Å²) < 4.78 is 5.19. The van der Waals surface area contributed by atoms with Crippen LogP contribution in [0.4, 0.5) is 0 Å². The average Bonchev–Trinajstić information content (AvgIpc) is 2.26. The number of nitrogens with one attached hydrogen (secondary N) is 1. The fourth-order valence-electron chi connectivity index (χ4n) is 2.06. The molecule has 92 valence electrons. The Labute approximate surface area is 102 Å². The minimum absolute atomic E-state index is 0.0139. The Hall–Kier alpha value is -0.710. The molecule has 1 N–H and O–H groups in total. The minimum atomic E-state index is -0.307. The highest BCUT2D eigenvalue weighted by Crippen LogP contribution is 2.27. The van der Waals surface area contributed by atoms with E-state index in [1.165, 1.54) is 6.92 Å². The van der Waals surface area contributed by atoms with Crippen LogP contribution in [0.5, 0.6) is 0 Å². The molecule has 0 radical (unpaired) electrons. The van der Waals surface area contributed by atoms with E-state index in [-0.39, 0.29) is 23.9 Å². The number of ether oxygens (including phenoxy) is 1. The van der Waals surface area contributed by atoms with E-state index in [0.717, 1.165) is 25.7 Å². The van der Waals surface area contributed by atoms with E-state index < -0.39 is 0 Å². The van der Waals surface area contributed by atoms with Gasteiger partial charge in [-0.05, 0) is 19.3 Å². The highest BCUT2D eigenvalue weighted by molar-refractivity contribution is 7.80. The zero-order valence-electron chi connectivity index (χ0n) is 9.57. The molecule has 0 aromatic carbocycles. The summed E-state index contributed by atoms with van der Waals surface area (Å²) in [5, 5.41) is 2.80. The molecule has 2 unspecified atom stereocenters. The fourth-order valence-corrected chi connectivity index (χ4v) is 2.17. The number of thiol groups is 1. The van der Waals surface area contributed by atoms with Crippen LogP contribution in [0.2, 0.25) is 0 Å². The summed E-state index contributed by atoms with van der Waals surface area (Å²) in [6.07, 6.45) is 3.39. The van der Waals surface area contributed by atoms with Crippen LogP contribution in [0.25, 0.3) is 0 Å². The maximum atomic E-state index is 11.8. The lowest BCUT2D eigenvalue weighted by Crippen LogP contribution is -2.41. The molecule has 0 aliphatic heterocycles. The third kappa shape index (κ3) is 4.04. The lowest BCUT2D eigenvalue weighted by molar-refractivity contribution is -0.153. The molecule has 16 heavy (non-hydrogen) atoms. The van der Waals surface area contributed by atoms with E-state index in [2.05, 4.69) is 17.9 Å². The van der Waals surface area contributed by atoms with Crippen LogP contribution < -0.4 is 5.32 Å². The van der Waals surface area contributed by atoms with E-state index in [4.69, 9.17) is 4.74 Å². The van der Waals surface area contributed by atoms with Crippen molar-refractivity contribution in [3.63, 3.8) is 0 Å². The van der Waals surface area contributed by atoms with Crippen molar-refractivity contribution in [2.24, 2.45) is 5.92 Å². The molecule has 1 aliphatic carbocycles. The second-order valence-electron chi connectivity index (χ2n) is 4.05. The van der Waals surface area contributed by atoms with Crippen molar-refractivity contribution in [2.75, 3.05) is 12.3 Å². The van der Waals surface area contributed by atoms with Gasteiger partial charge in [0, 0.05) is 19.2 Å². The summed E-state index contributed by atoms with van der Waals surface area (Å²) in [6, 6.07) is 0. The molecule has 0 aromatic rings. The summed E-state index contributed by atoms with van der Waals surface area (Å²) in [6.45, 7) is 1.95. The SMILES string of the molecule is CC(=O)OC1CCCCC1C(=O)NCCS. The Balaban J connectivity index is 2.51. The lowest BCUT2D eigenvalue weighted by atomic mass is 9.85. The van der Waals surface area contributed by atoms with Crippen LogP contribution in [0, 0.1) is 5.92 Å². The second-order valence-corrected chi connectivity index (χ2v) is 4.50. The van der Waals surface area contributed by atoms with Crippen LogP contribution >= 0.6 is 12.6 Å². The van der Waals surface area contributed by atoms with Crippen LogP contribution in [0.3, 0.4) is 0 Å². The topological polar surface area (TPSA) is 55.4 Å². The van der Waals surface area contributed by atoms with Crippen molar-refractivity contribution in [3.8, 4) is 0 Å². The van der Waals surface area contributed by atoms with Crippen LogP contribution in [-0.4, -0.2) is 30.3 Å². The minimum Gasteiger partial charge on any atom is -0.462 e. The van der Waals surface area contributed by atoms with Crippen molar-refractivity contribution in [3.05, 3.63) is 0 Å². The Kier molecular flexibility index (Phi) is 5.66. The van der Waals surface area contributed by atoms with Gasteiger partial charge in [-0.1, -0.05) is 6.42 Å². The summed E-state index contributed by atoms with van der Waals surface area (Å²) >= 11 is 4.04. The first-order valence-corrected chi connectivity index (χ1v) is 6.34. The molecule has 0 aromatic heterocycles. The van der Waals surface area contributed by atoms with E-state index in [9.17, 15) is 9.59 Å². The third-order valence-electron chi connectivity index (χ3n) is 2.77. The maximum absolute atomic E-state index is 11.8. The summed E-state index contributed by atoms with van der Waals surface area (Å²) in [7, 11) is 0. The van der Waals surface area contributed by atoms with Gasteiger partial charge in [0.15, 0.2) is 0 Å². The number of rotatable bonds is 4. The number of carbonyl (C=O) groups is 2. The predicted molar refractivity (Wildman–Crippen MR) is 64.4 cm³/mol. The van der Waals surface area contributed by atoms with Gasteiger partial charge < -0.3 is 10.1 Å². The normalized spacial score (nSPS) is 24.9. The van der Waals surface area contributed by atoms with Crippen molar-refractivity contribution in [1.82, 2.24) is 5.32 Å². The van der Waals surface area contributed by atoms with Crippen LogP contribution in [0.15, 0.2) is 0 Å². The first-order valence-electron chi connectivity index (χ1n) is 5.71. The van der Waals surface area contributed by atoms with Gasteiger partial charge in [-0.25, -0.2) is 0 Å². The van der Waals surface area contributed by atoms with Gasteiger partial charge in [0.1, 0.15) is 6.10 Å². The molecule has 1 rings (SSSR count). The number of esters is 1.